The van der Waals surface area contributed by atoms with Gasteiger partial charge in [-0.3, -0.25) is 19.5 Å². The fourth-order valence-corrected chi connectivity index (χ4v) is 7.53. The second-order valence-corrected chi connectivity index (χ2v) is 14.9. The number of hydrogen-bond acceptors (Lipinski definition) is 9. The molecule has 3 N–H and O–H groups in total. The second-order valence-electron chi connectivity index (χ2n) is 13.0. The van der Waals surface area contributed by atoms with E-state index in [-0.39, 0.29) is 49.3 Å². The Labute approximate surface area is 293 Å². The molecule has 14 heteroatoms. The molecule has 4 atom stereocenters. The molecule has 50 heavy (non-hydrogen) atoms. The van der Waals surface area contributed by atoms with Crippen molar-refractivity contribution in [1.29, 1.82) is 0 Å². The fraction of sp³-hybridized carbons (Fsp3) is 0.417. The van der Waals surface area contributed by atoms with Crippen LogP contribution in [0.5, 0.6) is 0 Å². The summed E-state index contributed by atoms with van der Waals surface area (Å²) in [7, 11) is -4.10. The number of imide groups is 1. The number of carbonyl (C=O) groups is 3. The number of urea groups is 1. The maximum atomic E-state index is 14.2. The molecule has 268 valence electrons. The van der Waals surface area contributed by atoms with Crippen LogP contribution >= 0.6 is 0 Å². The Morgan fingerprint density at radius 1 is 1.02 bits per heavy atom. The fourth-order valence-electron chi connectivity index (χ4n) is 5.91. The first kappa shape index (κ1) is 38.1. The van der Waals surface area contributed by atoms with Crippen LogP contribution in [0.2, 0.25) is 0 Å². The number of nitrogens with one attached hydrogen (secondary N) is 1. The average Bonchev–Trinajstić information content (AvgIpc) is 3.36. The van der Waals surface area contributed by atoms with Crippen LogP contribution in [0, 0.1) is 11.8 Å². The zero-order chi connectivity index (χ0) is 36.4. The number of nitrogens with zero attached hydrogens (tertiary/aromatic N) is 5. The van der Waals surface area contributed by atoms with Crippen LogP contribution in [0.4, 0.5) is 4.79 Å². The third kappa shape index (κ3) is 9.52. The Kier molecular flexibility index (Phi) is 13.2. The number of amides is 4. The van der Waals surface area contributed by atoms with Crippen LogP contribution in [0.25, 0.3) is 0 Å². The maximum Gasteiger partial charge on any atom is 0.328 e. The monoisotopic (exact) mass is 706 g/mol. The van der Waals surface area contributed by atoms with E-state index in [9.17, 15) is 27.9 Å². The van der Waals surface area contributed by atoms with Gasteiger partial charge in [-0.2, -0.15) is 4.31 Å². The number of sulfonamides is 1. The van der Waals surface area contributed by atoms with Crippen molar-refractivity contribution in [1.82, 2.24) is 24.4 Å². The minimum Gasteiger partial charge on any atom is -0.411 e. The number of rotatable bonds is 17. The molecule has 1 fully saturated rings. The van der Waals surface area contributed by atoms with E-state index in [1.54, 1.807) is 24.5 Å². The topological polar surface area (TPSA) is 173 Å². The van der Waals surface area contributed by atoms with Gasteiger partial charge < -0.3 is 20.5 Å². The van der Waals surface area contributed by atoms with Gasteiger partial charge in [-0.05, 0) is 53.1 Å². The quantitative estimate of drug-likeness (QED) is 0.0828. The first-order valence-electron chi connectivity index (χ1n) is 16.7. The molecule has 2 heterocycles. The SMILES string of the molecule is CCC(C)C(C(=O)N[C@@H](Cc1ccccc1)[C@H](O)CN(CC(C)C)S(=O)(=O)c1ccc(/C=N/O)cc1)N1CC(=O)N(Cc2cccnc2)C1=O. The van der Waals surface area contributed by atoms with E-state index in [0.717, 1.165) is 10.5 Å². The molecule has 1 aromatic heterocycles. The Morgan fingerprint density at radius 2 is 1.70 bits per heavy atom. The van der Waals surface area contributed by atoms with Gasteiger partial charge in [0.15, 0.2) is 0 Å². The summed E-state index contributed by atoms with van der Waals surface area (Å²) in [5.74, 6) is -1.44. The molecule has 2 unspecified atom stereocenters. The number of aliphatic hydroxyl groups is 1. The molecule has 1 aliphatic rings. The van der Waals surface area contributed by atoms with Crippen LogP contribution in [-0.4, -0.2) is 99.7 Å². The number of pyridine rings is 1. The summed E-state index contributed by atoms with van der Waals surface area (Å²) >= 11 is 0. The predicted octanol–water partition coefficient (Wildman–Crippen LogP) is 3.50. The highest BCUT2D eigenvalue weighted by Crippen LogP contribution is 2.24. The van der Waals surface area contributed by atoms with Crippen molar-refractivity contribution in [3.63, 3.8) is 0 Å². The minimum atomic E-state index is -4.10. The molecule has 13 nitrogen and oxygen atoms in total. The molecular weight excluding hydrogens is 660 g/mol. The average molecular weight is 707 g/mol. The molecule has 0 saturated carbocycles. The van der Waals surface area contributed by atoms with Crippen LogP contribution in [0.15, 0.2) is 89.2 Å². The number of carbonyl (C=O) groups excluding carboxylic acids is 3. The first-order chi connectivity index (χ1) is 23.8. The molecule has 0 radical (unpaired) electrons. The first-order valence-corrected chi connectivity index (χ1v) is 18.1. The third-order valence-corrected chi connectivity index (χ3v) is 10.6. The number of aliphatic hydroxyl groups excluding tert-OH is 1. The Bertz CT molecular complexity index is 1720. The third-order valence-electron chi connectivity index (χ3n) is 8.71. The maximum absolute atomic E-state index is 14.2. The van der Waals surface area contributed by atoms with E-state index in [1.165, 1.54) is 39.7 Å². The van der Waals surface area contributed by atoms with Crippen LogP contribution in [0.3, 0.4) is 0 Å². The molecule has 3 aromatic rings. The summed E-state index contributed by atoms with van der Waals surface area (Å²) < 4.78 is 28.9. The van der Waals surface area contributed by atoms with Gasteiger partial charge in [0.25, 0.3) is 5.91 Å². The smallest absolute Gasteiger partial charge is 0.328 e. The molecule has 1 aliphatic heterocycles. The molecule has 0 aliphatic carbocycles. The summed E-state index contributed by atoms with van der Waals surface area (Å²) in [4.78, 5) is 47.3. The number of aromatic nitrogens is 1. The molecule has 4 amide bonds. The standard InChI is InChI=1S/C36H46N6O7S/c1-5-26(4)34(42-24-33(44)41(36(42)46)22-29-12-9-17-37-19-29)35(45)39-31(18-27-10-7-6-8-11-27)32(43)23-40(21-25(2)3)50(48,49)30-15-13-28(14-16-30)20-38-47/h6-17,19-20,25-26,31-32,34,43,47H,5,18,21-24H2,1-4H3,(H,39,45)/b38-20+/t26?,31-,32+,34?/m0/s1. The lowest BCUT2D eigenvalue weighted by atomic mass is 9.95. The van der Waals surface area contributed by atoms with Gasteiger partial charge in [-0.25, -0.2) is 13.2 Å². The van der Waals surface area contributed by atoms with Gasteiger partial charge in [0.1, 0.15) is 12.6 Å². The van der Waals surface area contributed by atoms with Crippen molar-refractivity contribution in [2.75, 3.05) is 19.6 Å². The molecule has 0 spiro atoms. The van der Waals surface area contributed by atoms with Crippen LogP contribution < -0.4 is 5.32 Å². The van der Waals surface area contributed by atoms with E-state index in [4.69, 9.17) is 5.21 Å². The largest absolute Gasteiger partial charge is 0.411 e. The Hall–Kier alpha value is -4.66. The van der Waals surface area contributed by atoms with E-state index in [0.29, 0.717) is 17.5 Å². The highest BCUT2D eigenvalue weighted by molar-refractivity contribution is 7.89. The summed E-state index contributed by atoms with van der Waals surface area (Å²) in [5.41, 5.74) is 1.97. The van der Waals surface area contributed by atoms with Crippen molar-refractivity contribution < 1.29 is 33.1 Å². The van der Waals surface area contributed by atoms with Crippen molar-refractivity contribution >= 4 is 34.1 Å². The molecule has 2 aromatic carbocycles. The summed E-state index contributed by atoms with van der Waals surface area (Å²) in [6, 6.07) is 15.9. The van der Waals surface area contributed by atoms with Crippen molar-refractivity contribution in [3.05, 3.63) is 95.8 Å². The highest BCUT2D eigenvalue weighted by atomic mass is 32.2. The normalized spacial score (nSPS) is 16.3. The van der Waals surface area contributed by atoms with Crippen LogP contribution in [0.1, 0.15) is 50.8 Å². The van der Waals surface area contributed by atoms with Gasteiger partial charge in [-0.15, -0.1) is 0 Å². The molecule has 4 rings (SSSR count). The van der Waals surface area contributed by atoms with Gasteiger partial charge in [0, 0.05) is 25.5 Å². The highest BCUT2D eigenvalue weighted by Gasteiger charge is 2.45. The minimum absolute atomic E-state index is 0.00558. The van der Waals surface area contributed by atoms with Crippen molar-refractivity contribution in [2.45, 2.75) is 70.2 Å². The summed E-state index contributed by atoms with van der Waals surface area (Å²) in [5, 5.41) is 26.5. The van der Waals surface area contributed by atoms with Crippen LogP contribution in [-0.2, 0) is 32.6 Å². The lowest BCUT2D eigenvalue weighted by Crippen LogP contribution is -2.57. The van der Waals surface area contributed by atoms with E-state index in [1.807, 2.05) is 58.0 Å². The van der Waals surface area contributed by atoms with Gasteiger partial charge in [0.05, 0.1) is 29.8 Å². The zero-order valence-electron chi connectivity index (χ0n) is 28.8. The summed E-state index contributed by atoms with van der Waals surface area (Å²) in [6.07, 6.45) is 3.68. The second kappa shape index (κ2) is 17.3. The van der Waals surface area contributed by atoms with Gasteiger partial charge in [0.2, 0.25) is 15.9 Å². The Balaban J connectivity index is 1.61. The van der Waals surface area contributed by atoms with E-state index < -0.39 is 46.1 Å². The molecule has 1 saturated heterocycles. The van der Waals surface area contributed by atoms with Crippen molar-refractivity contribution in [3.8, 4) is 0 Å². The van der Waals surface area contributed by atoms with Gasteiger partial charge in [-0.1, -0.05) is 87.8 Å². The number of benzene rings is 2. The van der Waals surface area contributed by atoms with E-state index in [2.05, 4.69) is 15.5 Å². The zero-order valence-corrected chi connectivity index (χ0v) is 29.6. The predicted molar refractivity (Wildman–Crippen MR) is 188 cm³/mol. The summed E-state index contributed by atoms with van der Waals surface area (Å²) in [6.45, 7) is 6.94. The number of hydrogen-bond donors (Lipinski definition) is 3. The van der Waals surface area contributed by atoms with Crippen molar-refractivity contribution in [2.24, 2.45) is 17.0 Å². The Morgan fingerprint density at radius 3 is 2.30 bits per heavy atom. The lowest BCUT2D eigenvalue weighted by molar-refractivity contribution is -0.129. The van der Waals surface area contributed by atoms with Gasteiger partial charge >= 0.3 is 6.03 Å². The molecular formula is C36H46N6O7S. The lowest BCUT2D eigenvalue weighted by Gasteiger charge is -2.34. The van der Waals surface area contributed by atoms with E-state index >= 15 is 0 Å². The number of oxime groups is 1. The molecule has 0 bridgehead atoms.